The molecule has 2 saturated heterocycles. The molecule has 0 aliphatic carbocycles. The summed E-state index contributed by atoms with van der Waals surface area (Å²) in [4.78, 5) is 2.59. The molecule has 2 unspecified atom stereocenters. The van der Waals surface area contributed by atoms with Crippen LogP contribution in [0.25, 0.3) is 0 Å². The van der Waals surface area contributed by atoms with Crippen molar-refractivity contribution >= 4 is 17.4 Å². The third kappa shape index (κ3) is 1.33. The van der Waals surface area contributed by atoms with Gasteiger partial charge in [0, 0.05) is 29.3 Å². The lowest BCUT2D eigenvalue weighted by Gasteiger charge is -2.29. The van der Waals surface area contributed by atoms with Gasteiger partial charge in [0.25, 0.3) is 0 Å². The van der Waals surface area contributed by atoms with Crippen LogP contribution in [0.4, 0.5) is 5.69 Å². The molecule has 0 radical (unpaired) electrons. The molecule has 74 valence electrons. The first-order chi connectivity index (χ1) is 6.83. The third-order valence-corrected chi connectivity index (χ3v) is 4.62. The van der Waals surface area contributed by atoms with E-state index in [-0.39, 0.29) is 0 Å². The Morgan fingerprint density at radius 2 is 2.36 bits per heavy atom. The molecule has 2 heteroatoms. The van der Waals surface area contributed by atoms with Gasteiger partial charge in [-0.15, -0.1) is 0 Å². The van der Waals surface area contributed by atoms with E-state index in [1.807, 2.05) is 0 Å². The number of rotatable bonds is 1. The number of benzene rings is 1. The van der Waals surface area contributed by atoms with Crippen molar-refractivity contribution in [2.45, 2.75) is 24.6 Å². The predicted octanol–water partition coefficient (Wildman–Crippen LogP) is 2.69. The SMILES string of the molecule is Cc1cccc(N2CC3CC2CS3)c1. The van der Waals surface area contributed by atoms with Crippen molar-refractivity contribution in [2.24, 2.45) is 0 Å². The van der Waals surface area contributed by atoms with Gasteiger partial charge in [-0.2, -0.15) is 11.8 Å². The summed E-state index contributed by atoms with van der Waals surface area (Å²) in [5.41, 5.74) is 2.80. The molecule has 1 aromatic carbocycles. The molecule has 0 amide bonds. The maximum Gasteiger partial charge on any atom is 0.0392 e. The summed E-state index contributed by atoms with van der Waals surface area (Å²) in [7, 11) is 0. The Kier molecular flexibility index (Phi) is 1.98. The maximum absolute atomic E-state index is 2.59. The van der Waals surface area contributed by atoms with Gasteiger partial charge in [-0.1, -0.05) is 12.1 Å². The highest BCUT2D eigenvalue weighted by molar-refractivity contribution is 8.00. The topological polar surface area (TPSA) is 3.24 Å². The largest absolute Gasteiger partial charge is 0.367 e. The lowest BCUT2D eigenvalue weighted by Crippen LogP contribution is -2.33. The highest BCUT2D eigenvalue weighted by atomic mass is 32.2. The van der Waals surface area contributed by atoms with Crippen LogP contribution in [0.5, 0.6) is 0 Å². The molecule has 2 aliphatic heterocycles. The maximum atomic E-state index is 2.59. The lowest BCUT2D eigenvalue weighted by atomic mass is 10.2. The van der Waals surface area contributed by atoms with Crippen LogP contribution in [0.15, 0.2) is 24.3 Å². The molecule has 2 heterocycles. The van der Waals surface area contributed by atoms with Crippen molar-refractivity contribution in [2.75, 3.05) is 17.2 Å². The van der Waals surface area contributed by atoms with Gasteiger partial charge in [0.05, 0.1) is 0 Å². The van der Waals surface area contributed by atoms with Crippen LogP contribution >= 0.6 is 11.8 Å². The minimum absolute atomic E-state index is 0.812. The normalized spacial score (nSPS) is 29.9. The Morgan fingerprint density at radius 3 is 3.00 bits per heavy atom. The number of anilines is 1. The molecule has 3 rings (SSSR count). The molecule has 14 heavy (non-hydrogen) atoms. The second kappa shape index (κ2) is 3.20. The molecule has 0 spiro atoms. The molecular weight excluding hydrogens is 190 g/mol. The fraction of sp³-hybridized carbons (Fsp3) is 0.500. The number of fused-ring (bicyclic) bond motifs is 2. The molecular formula is C12H15NS. The first-order valence-electron chi connectivity index (χ1n) is 5.28. The summed E-state index contributed by atoms with van der Waals surface area (Å²) in [6.07, 6.45) is 1.40. The zero-order chi connectivity index (χ0) is 9.54. The molecule has 2 fully saturated rings. The van der Waals surface area contributed by atoms with E-state index < -0.39 is 0 Å². The minimum Gasteiger partial charge on any atom is -0.367 e. The van der Waals surface area contributed by atoms with E-state index in [0.717, 1.165) is 11.3 Å². The average molecular weight is 205 g/mol. The molecule has 0 N–H and O–H groups in total. The highest BCUT2D eigenvalue weighted by Crippen LogP contribution is 2.39. The number of thioether (sulfide) groups is 1. The van der Waals surface area contributed by atoms with Gasteiger partial charge in [0.1, 0.15) is 0 Å². The Morgan fingerprint density at radius 1 is 1.43 bits per heavy atom. The molecule has 2 atom stereocenters. The van der Waals surface area contributed by atoms with E-state index in [1.165, 1.54) is 30.0 Å². The Labute approximate surface area is 89.5 Å². The zero-order valence-electron chi connectivity index (χ0n) is 8.44. The van der Waals surface area contributed by atoms with Crippen LogP contribution in [0.3, 0.4) is 0 Å². The van der Waals surface area contributed by atoms with E-state index >= 15 is 0 Å². The van der Waals surface area contributed by atoms with Crippen molar-refractivity contribution in [3.8, 4) is 0 Å². The summed E-state index contributed by atoms with van der Waals surface area (Å²) in [5.74, 6) is 1.33. The van der Waals surface area contributed by atoms with Gasteiger partial charge in [0.15, 0.2) is 0 Å². The van der Waals surface area contributed by atoms with Gasteiger partial charge in [-0.25, -0.2) is 0 Å². The van der Waals surface area contributed by atoms with Crippen LogP contribution in [-0.4, -0.2) is 23.6 Å². The molecule has 2 aliphatic rings. The lowest BCUT2D eigenvalue weighted by molar-refractivity contribution is 0.763. The number of nitrogens with zero attached hydrogens (tertiary/aromatic N) is 1. The van der Waals surface area contributed by atoms with Crippen LogP contribution in [-0.2, 0) is 0 Å². The molecule has 2 bridgehead atoms. The molecule has 1 aromatic rings. The Bertz CT molecular complexity index is 350. The van der Waals surface area contributed by atoms with E-state index in [2.05, 4.69) is 47.9 Å². The van der Waals surface area contributed by atoms with Crippen LogP contribution in [0, 0.1) is 6.92 Å². The number of hydrogen-bond acceptors (Lipinski definition) is 2. The highest BCUT2D eigenvalue weighted by Gasteiger charge is 2.38. The van der Waals surface area contributed by atoms with E-state index in [1.54, 1.807) is 0 Å². The molecule has 0 aromatic heterocycles. The number of aryl methyl sites for hydroxylation is 1. The van der Waals surface area contributed by atoms with E-state index in [0.29, 0.717) is 0 Å². The van der Waals surface area contributed by atoms with Gasteiger partial charge in [0.2, 0.25) is 0 Å². The molecule has 1 nitrogen and oxygen atoms in total. The van der Waals surface area contributed by atoms with Crippen molar-refractivity contribution in [3.05, 3.63) is 29.8 Å². The smallest absolute Gasteiger partial charge is 0.0392 e. The van der Waals surface area contributed by atoms with Gasteiger partial charge >= 0.3 is 0 Å². The summed E-state index contributed by atoms with van der Waals surface area (Å²) >= 11 is 2.15. The van der Waals surface area contributed by atoms with Crippen molar-refractivity contribution in [1.29, 1.82) is 0 Å². The standard InChI is InChI=1S/C12H15NS/c1-9-3-2-4-10(5-9)13-7-12-6-11(13)8-14-12/h2-5,11-12H,6-8H2,1H3. The van der Waals surface area contributed by atoms with E-state index in [4.69, 9.17) is 0 Å². The second-order valence-electron chi connectivity index (χ2n) is 4.34. The quantitative estimate of drug-likeness (QED) is 0.693. The fourth-order valence-corrected chi connectivity index (χ4v) is 3.96. The molecule has 0 saturated carbocycles. The summed E-state index contributed by atoms with van der Waals surface area (Å²) < 4.78 is 0. The Balaban J connectivity index is 1.89. The fourth-order valence-electron chi connectivity index (χ4n) is 2.52. The summed E-state index contributed by atoms with van der Waals surface area (Å²) in [6.45, 7) is 3.44. The summed E-state index contributed by atoms with van der Waals surface area (Å²) in [6, 6.07) is 9.71. The zero-order valence-corrected chi connectivity index (χ0v) is 9.26. The average Bonchev–Trinajstić information content (AvgIpc) is 2.78. The summed E-state index contributed by atoms with van der Waals surface area (Å²) in [5, 5.41) is 0.903. The van der Waals surface area contributed by atoms with Crippen molar-refractivity contribution in [1.82, 2.24) is 0 Å². The van der Waals surface area contributed by atoms with E-state index in [9.17, 15) is 0 Å². The van der Waals surface area contributed by atoms with Gasteiger partial charge in [-0.3, -0.25) is 0 Å². The third-order valence-electron chi connectivity index (χ3n) is 3.23. The first kappa shape index (κ1) is 8.66. The van der Waals surface area contributed by atoms with Crippen molar-refractivity contribution in [3.63, 3.8) is 0 Å². The van der Waals surface area contributed by atoms with Crippen LogP contribution in [0.1, 0.15) is 12.0 Å². The van der Waals surface area contributed by atoms with Crippen LogP contribution < -0.4 is 4.90 Å². The van der Waals surface area contributed by atoms with Gasteiger partial charge in [-0.05, 0) is 31.0 Å². The Hall–Kier alpha value is -0.630. The van der Waals surface area contributed by atoms with Crippen LogP contribution in [0.2, 0.25) is 0 Å². The minimum atomic E-state index is 0.812. The predicted molar refractivity (Wildman–Crippen MR) is 63.2 cm³/mol. The number of hydrogen-bond donors (Lipinski definition) is 0. The second-order valence-corrected chi connectivity index (χ2v) is 5.67. The monoisotopic (exact) mass is 205 g/mol. The van der Waals surface area contributed by atoms with Gasteiger partial charge < -0.3 is 4.90 Å². The first-order valence-corrected chi connectivity index (χ1v) is 6.33. The van der Waals surface area contributed by atoms with Crippen molar-refractivity contribution < 1.29 is 0 Å².